The highest BCUT2D eigenvalue weighted by molar-refractivity contribution is 7.90. The van der Waals surface area contributed by atoms with Gasteiger partial charge in [-0.1, -0.05) is 49.7 Å². The molecule has 8 heteroatoms. The van der Waals surface area contributed by atoms with Crippen molar-refractivity contribution in [3.05, 3.63) is 76.9 Å². The molecule has 3 aromatic carbocycles. The third-order valence-electron chi connectivity index (χ3n) is 6.39. The van der Waals surface area contributed by atoms with Crippen molar-refractivity contribution in [2.75, 3.05) is 13.7 Å². The Hall–Kier alpha value is -3.65. The second-order valence-corrected chi connectivity index (χ2v) is 11.1. The molecule has 0 N–H and O–H groups in total. The van der Waals surface area contributed by atoms with E-state index in [1.54, 1.807) is 59.5 Å². The first kappa shape index (κ1) is 23.1. The molecule has 2 heterocycles. The number of aryl methyl sites for hydroxylation is 1. The Labute approximate surface area is 204 Å². The standard InChI is InChI=1S/C27H26N2O5S/c1-16(2)14-28-15-18-13-21(27(31)34-4)25-24(23(18)26(28)30)20-7-5-6-8-22(20)29(25)35(32,33)19-11-9-17(3)10-12-19/h5-13,16H,14-15H2,1-4H3. The molecule has 0 saturated carbocycles. The number of carbonyl (C=O) groups excluding carboxylic acids is 2. The van der Waals surface area contributed by atoms with E-state index in [-0.39, 0.29) is 27.8 Å². The summed E-state index contributed by atoms with van der Waals surface area (Å²) in [7, 11) is -2.85. The lowest BCUT2D eigenvalue weighted by Crippen LogP contribution is -2.27. The molecule has 180 valence electrons. The van der Waals surface area contributed by atoms with Gasteiger partial charge in [-0.2, -0.15) is 0 Å². The number of hydrogen-bond donors (Lipinski definition) is 0. The molecule has 0 unspecified atom stereocenters. The fourth-order valence-corrected chi connectivity index (χ4v) is 6.45. The number of aromatic nitrogens is 1. The first-order valence-corrected chi connectivity index (χ1v) is 12.9. The average molecular weight is 491 g/mol. The minimum absolute atomic E-state index is 0.0924. The SMILES string of the molecule is COC(=O)c1cc2c(c3c4ccccc4n(S(=O)(=O)c4ccc(C)cc4)c13)C(=O)N(CC(C)C)C2. The second kappa shape index (κ2) is 8.23. The van der Waals surface area contributed by atoms with Crippen molar-refractivity contribution in [3.63, 3.8) is 0 Å². The van der Waals surface area contributed by atoms with Gasteiger partial charge in [0.1, 0.15) is 0 Å². The van der Waals surface area contributed by atoms with Crippen molar-refractivity contribution in [1.29, 1.82) is 0 Å². The molecule has 0 spiro atoms. The zero-order valence-corrected chi connectivity index (χ0v) is 20.8. The van der Waals surface area contributed by atoms with Gasteiger partial charge < -0.3 is 9.64 Å². The van der Waals surface area contributed by atoms with Gasteiger partial charge in [0.25, 0.3) is 15.9 Å². The van der Waals surface area contributed by atoms with Crippen molar-refractivity contribution >= 4 is 43.7 Å². The molecule has 1 aromatic heterocycles. The summed E-state index contributed by atoms with van der Waals surface area (Å²) in [5.41, 5.74) is 2.75. The fourth-order valence-electron chi connectivity index (χ4n) is 4.91. The second-order valence-electron chi connectivity index (χ2n) is 9.35. The average Bonchev–Trinajstić information content (AvgIpc) is 3.33. The number of methoxy groups -OCH3 is 1. The Balaban J connectivity index is 1.93. The van der Waals surface area contributed by atoms with Crippen LogP contribution in [0.1, 0.15) is 45.7 Å². The molecule has 1 aliphatic rings. The van der Waals surface area contributed by atoms with E-state index in [1.165, 1.54) is 11.1 Å². The summed E-state index contributed by atoms with van der Waals surface area (Å²) in [5, 5.41) is 1.06. The molecule has 35 heavy (non-hydrogen) atoms. The van der Waals surface area contributed by atoms with Crippen LogP contribution in [0.3, 0.4) is 0 Å². The highest BCUT2D eigenvalue weighted by Gasteiger charge is 2.36. The minimum Gasteiger partial charge on any atom is -0.465 e. The normalized spacial score (nSPS) is 13.7. The van der Waals surface area contributed by atoms with Crippen molar-refractivity contribution < 1.29 is 22.7 Å². The van der Waals surface area contributed by atoms with Gasteiger partial charge in [-0.15, -0.1) is 0 Å². The largest absolute Gasteiger partial charge is 0.465 e. The number of para-hydroxylation sites is 1. The Morgan fingerprint density at radius 1 is 1.09 bits per heavy atom. The van der Waals surface area contributed by atoms with Gasteiger partial charge in [0, 0.05) is 23.9 Å². The quantitative estimate of drug-likeness (QED) is 0.377. The number of ether oxygens (including phenoxy) is 1. The number of amides is 1. The van der Waals surface area contributed by atoms with Gasteiger partial charge in [0.2, 0.25) is 0 Å². The van der Waals surface area contributed by atoms with E-state index in [9.17, 15) is 18.0 Å². The number of esters is 1. The summed E-state index contributed by atoms with van der Waals surface area (Å²) in [6.07, 6.45) is 0. The number of benzene rings is 3. The van der Waals surface area contributed by atoms with Gasteiger partial charge >= 0.3 is 5.97 Å². The monoisotopic (exact) mass is 490 g/mol. The summed E-state index contributed by atoms with van der Waals surface area (Å²) in [5.74, 6) is -0.562. The number of carbonyl (C=O) groups is 2. The van der Waals surface area contributed by atoms with Gasteiger partial charge in [0.05, 0.1) is 34.2 Å². The van der Waals surface area contributed by atoms with Crippen LogP contribution >= 0.6 is 0 Å². The minimum atomic E-state index is -4.11. The number of hydrogen-bond acceptors (Lipinski definition) is 5. The molecule has 7 nitrogen and oxygen atoms in total. The maximum atomic E-state index is 14.0. The Morgan fingerprint density at radius 2 is 1.77 bits per heavy atom. The summed E-state index contributed by atoms with van der Waals surface area (Å²) in [6.45, 7) is 6.86. The molecule has 4 aromatic rings. The first-order chi connectivity index (χ1) is 16.6. The van der Waals surface area contributed by atoms with Crippen molar-refractivity contribution in [3.8, 4) is 0 Å². The van der Waals surface area contributed by atoms with Crippen LogP contribution < -0.4 is 0 Å². The van der Waals surface area contributed by atoms with Gasteiger partial charge in [-0.05, 0) is 42.7 Å². The van der Waals surface area contributed by atoms with E-state index < -0.39 is 16.0 Å². The lowest BCUT2D eigenvalue weighted by Gasteiger charge is -2.17. The predicted octanol–water partition coefficient (Wildman–Crippen LogP) is 4.74. The molecular formula is C27H26N2O5S. The van der Waals surface area contributed by atoms with E-state index in [2.05, 4.69) is 0 Å². The topological polar surface area (TPSA) is 85.7 Å². The molecule has 5 rings (SSSR count). The van der Waals surface area contributed by atoms with Crippen LogP contribution in [-0.2, 0) is 21.3 Å². The van der Waals surface area contributed by atoms with Crippen molar-refractivity contribution in [1.82, 2.24) is 8.87 Å². The zero-order chi connectivity index (χ0) is 25.1. The third-order valence-corrected chi connectivity index (χ3v) is 8.12. The van der Waals surface area contributed by atoms with Gasteiger partial charge in [-0.25, -0.2) is 17.2 Å². The Kier molecular flexibility index (Phi) is 5.44. The van der Waals surface area contributed by atoms with Crippen LogP contribution in [0.4, 0.5) is 0 Å². The summed E-state index contributed by atoms with van der Waals surface area (Å²) < 4.78 is 34.3. The number of fused-ring (bicyclic) bond motifs is 5. The summed E-state index contributed by atoms with van der Waals surface area (Å²) >= 11 is 0. The van der Waals surface area contributed by atoms with Gasteiger partial charge in [0.15, 0.2) is 0 Å². The highest BCUT2D eigenvalue weighted by Crippen LogP contribution is 2.41. The Morgan fingerprint density at radius 3 is 2.43 bits per heavy atom. The Bertz CT molecular complexity index is 1620. The van der Waals surface area contributed by atoms with Crippen LogP contribution in [0.5, 0.6) is 0 Å². The number of rotatable bonds is 5. The van der Waals surface area contributed by atoms with Crippen LogP contribution in [0, 0.1) is 12.8 Å². The fraction of sp³-hybridized carbons (Fsp3) is 0.259. The van der Waals surface area contributed by atoms with E-state index in [0.717, 1.165) is 5.56 Å². The molecule has 0 aliphatic carbocycles. The van der Waals surface area contributed by atoms with Crippen LogP contribution in [0.2, 0.25) is 0 Å². The molecule has 1 amide bonds. The van der Waals surface area contributed by atoms with Gasteiger partial charge in [-0.3, -0.25) is 4.79 Å². The summed E-state index contributed by atoms with van der Waals surface area (Å²) in [6, 6.07) is 15.2. The van der Waals surface area contributed by atoms with E-state index in [4.69, 9.17) is 4.74 Å². The lowest BCUT2D eigenvalue weighted by molar-refractivity contribution is 0.0602. The molecule has 0 fully saturated rings. The third kappa shape index (κ3) is 3.51. The highest BCUT2D eigenvalue weighted by atomic mass is 32.2. The molecule has 0 saturated heterocycles. The molecular weight excluding hydrogens is 464 g/mol. The number of nitrogens with zero attached hydrogens (tertiary/aromatic N) is 2. The van der Waals surface area contributed by atoms with E-state index >= 15 is 0 Å². The van der Waals surface area contributed by atoms with Crippen LogP contribution in [0.25, 0.3) is 21.8 Å². The first-order valence-electron chi connectivity index (χ1n) is 11.4. The van der Waals surface area contributed by atoms with E-state index in [1.807, 2.05) is 20.8 Å². The smallest absolute Gasteiger partial charge is 0.340 e. The molecule has 0 bridgehead atoms. The summed E-state index contributed by atoms with van der Waals surface area (Å²) in [4.78, 5) is 28.4. The van der Waals surface area contributed by atoms with Crippen molar-refractivity contribution in [2.24, 2.45) is 5.92 Å². The predicted molar refractivity (Wildman–Crippen MR) is 134 cm³/mol. The zero-order valence-electron chi connectivity index (χ0n) is 20.0. The molecule has 1 aliphatic heterocycles. The maximum Gasteiger partial charge on any atom is 0.340 e. The molecule has 0 atom stereocenters. The van der Waals surface area contributed by atoms with Crippen molar-refractivity contribution in [2.45, 2.75) is 32.2 Å². The van der Waals surface area contributed by atoms with Crippen LogP contribution in [-0.4, -0.2) is 42.8 Å². The van der Waals surface area contributed by atoms with Crippen LogP contribution in [0.15, 0.2) is 59.5 Å². The maximum absolute atomic E-state index is 14.0. The molecule has 0 radical (unpaired) electrons. The lowest BCUT2D eigenvalue weighted by atomic mass is 9.98. The van der Waals surface area contributed by atoms with E-state index in [0.29, 0.717) is 40.5 Å².